The summed E-state index contributed by atoms with van der Waals surface area (Å²) in [6.07, 6.45) is 1.24. The predicted octanol–water partition coefficient (Wildman–Crippen LogP) is 4.71. The van der Waals surface area contributed by atoms with Crippen LogP contribution in [0.2, 0.25) is 10.0 Å². The van der Waals surface area contributed by atoms with Gasteiger partial charge in [-0.2, -0.15) is 0 Å². The average Bonchev–Trinajstić information content (AvgIpc) is 2.78. The summed E-state index contributed by atoms with van der Waals surface area (Å²) in [5.41, 5.74) is 0.733. The molecular formula is C23H28Cl2N2O4. The van der Waals surface area contributed by atoms with Crippen LogP contribution in [0, 0.1) is 0 Å². The third kappa shape index (κ3) is 7.33. The molecule has 0 unspecified atom stereocenters. The van der Waals surface area contributed by atoms with Crippen molar-refractivity contribution in [3.05, 3.63) is 58.1 Å². The fourth-order valence-electron chi connectivity index (χ4n) is 3.15. The number of rotatable bonds is 11. The quantitative estimate of drug-likeness (QED) is 0.486. The lowest BCUT2D eigenvalue weighted by Gasteiger charge is -2.30. The van der Waals surface area contributed by atoms with E-state index in [2.05, 4.69) is 5.32 Å². The Morgan fingerprint density at radius 3 is 2.35 bits per heavy atom. The Morgan fingerprint density at radius 2 is 1.77 bits per heavy atom. The third-order valence-corrected chi connectivity index (χ3v) is 5.44. The SMILES string of the molecule is CC[C@H](C(=O)NC)N(Cc1ccc(Cl)cc1Cl)C(=O)CCCOc1ccc(OC)cc1. The maximum Gasteiger partial charge on any atom is 0.242 e. The number of nitrogens with zero attached hydrogens (tertiary/aromatic N) is 1. The molecule has 0 fully saturated rings. The van der Waals surface area contributed by atoms with E-state index in [4.69, 9.17) is 32.7 Å². The monoisotopic (exact) mass is 466 g/mol. The van der Waals surface area contributed by atoms with Crippen LogP contribution in [0.3, 0.4) is 0 Å². The van der Waals surface area contributed by atoms with E-state index in [0.717, 1.165) is 11.3 Å². The molecule has 1 atom stereocenters. The molecule has 0 saturated carbocycles. The van der Waals surface area contributed by atoms with Crippen LogP contribution in [0.15, 0.2) is 42.5 Å². The van der Waals surface area contributed by atoms with Gasteiger partial charge in [-0.1, -0.05) is 36.2 Å². The van der Waals surface area contributed by atoms with Gasteiger partial charge in [0, 0.05) is 30.1 Å². The molecule has 1 N–H and O–H groups in total. The Morgan fingerprint density at radius 1 is 1.10 bits per heavy atom. The van der Waals surface area contributed by atoms with Crippen molar-refractivity contribution in [3.63, 3.8) is 0 Å². The van der Waals surface area contributed by atoms with Gasteiger partial charge in [0.1, 0.15) is 17.5 Å². The van der Waals surface area contributed by atoms with Crippen LogP contribution in [0.4, 0.5) is 0 Å². The molecule has 0 aromatic heterocycles. The Labute approximate surface area is 193 Å². The minimum Gasteiger partial charge on any atom is -0.497 e. The smallest absolute Gasteiger partial charge is 0.242 e. The number of hydrogen-bond donors (Lipinski definition) is 1. The second-order valence-electron chi connectivity index (χ2n) is 6.92. The molecule has 168 valence electrons. The average molecular weight is 467 g/mol. The van der Waals surface area contributed by atoms with Crippen LogP contribution >= 0.6 is 23.2 Å². The molecule has 31 heavy (non-hydrogen) atoms. The molecule has 2 amide bonds. The van der Waals surface area contributed by atoms with Crippen LogP contribution in [-0.4, -0.2) is 43.5 Å². The maximum atomic E-state index is 13.0. The second-order valence-corrected chi connectivity index (χ2v) is 7.77. The summed E-state index contributed by atoms with van der Waals surface area (Å²) >= 11 is 12.3. The van der Waals surface area contributed by atoms with Gasteiger partial charge in [0.15, 0.2) is 0 Å². The first-order valence-corrected chi connectivity index (χ1v) is 10.9. The second kappa shape index (κ2) is 12.4. The first-order valence-electron chi connectivity index (χ1n) is 10.1. The van der Waals surface area contributed by atoms with Crippen LogP contribution in [-0.2, 0) is 16.1 Å². The fourth-order valence-corrected chi connectivity index (χ4v) is 3.62. The van der Waals surface area contributed by atoms with Gasteiger partial charge in [0.05, 0.1) is 13.7 Å². The number of nitrogens with one attached hydrogen (secondary N) is 1. The molecular weight excluding hydrogens is 439 g/mol. The highest BCUT2D eigenvalue weighted by Crippen LogP contribution is 2.24. The van der Waals surface area contributed by atoms with Gasteiger partial charge < -0.3 is 19.7 Å². The van der Waals surface area contributed by atoms with Crippen LogP contribution in [0.5, 0.6) is 11.5 Å². The van der Waals surface area contributed by atoms with Gasteiger partial charge in [-0.3, -0.25) is 9.59 Å². The first kappa shape index (κ1) is 24.8. The molecule has 0 saturated heterocycles. The zero-order valence-corrected chi connectivity index (χ0v) is 19.5. The van der Waals surface area contributed by atoms with Crippen LogP contribution < -0.4 is 14.8 Å². The first-order chi connectivity index (χ1) is 14.9. The highest BCUT2D eigenvalue weighted by molar-refractivity contribution is 6.35. The highest BCUT2D eigenvalue weighted by atomic mass is 35.5. The number of likely N-dealkylation sites (N-methyl/N-ethyl adjacent to an activating group) is 1. The van der Waals surface area contributed by atoms with E-state index in [1.165, 1.54) is 0 Å². The van der Waals surface area contributed by atoms with E-state index in [1.807, 2.05) is 31.2 Å². The van der Waals surface area contributed by atoms with E-state index >= 15 is 0 Å². The molecule has 6 nitrogen and oxygen atoms in total. The number of hydrogen-bond acceptors (Lipinski definition) is 4. The Bertz CT molecular complexity index is 874. The normalized spacial score (nSPS) is 11.5. The van der Waals surface area contributed by atoms with Gasteiger partial charge in [-0.25, -0.2) is 0 Å². The summed E-state index contributed by atoms with van der Waals surface area (Å²) in [4.78, 5) is 27.0. The van der Waals surface area contributed by atoms with Crippen molar-refractivity contribution in [1.29, 1.82) is 0 Å². The van der Waals surface area contributed by atoms with Crippen LogP contribution in [0.25, 0.3) is 0 Å². The molecule has 0 aliphatic carbocycles. The highest BCUT2D eigenvalue weighted by Gasteiger charge is 2.28. The molecule has 0 aliphatic rings. The zero-order valence-electron chi connectivity index (χ0n) is 18.0. The summed E-state index contributed by atoms with van der Waals surface area (Å²) in [5, 5.41) is 3.61. The van der Waals surface area contributed by atoms with Crippen molar-refractivity contribution in [2.75, 3.05) is 20.8 Å². The lowest BCUT2D eigenvalue weighted by Crippen LogP contribution is -2.48. The lowest BCUT2D eigenvalue weighted by molar-refractivity contribution is -0.141. The summed E-state index contributed by atoms with van der Waals surface area (Å²) < 4.78 is 10.8. The van der Waals surface area contributed by atoms with E-state index in [-0.39, 0.29) is 24.8 Å². The molecule has 0 radical (unpaired) electrons. The summed E-state index contributed by atoms with van der Waals surface area (Å²) in [6, 6.07) is 11.8. The number of methoxy groups -OCH3 is 1. The molecule has 0 aliphatic heterocycles. The van der Waals surface area contributed by atoms with Gasteiger partial charge in [-0.15, -0.1) is 0 Å². The fraction of sp³-hybridized carbons (Fsp3) is 0.391. The van der Waals surface area contributed by atoms with Crippen LogP contribution in [0.1, 0.15) is 31.7 Å². The number of carbonyl (C=O) groups is 2. The van der Waals surface area contributed by atoms with E-state index in [1.54, 1.807) is 37.3 Å². The molecule has 0 bridgehead atoms. The molecule has 0 heterocycles. The standard InChI is InChI=1S/C23H28Cl2N2O4/c1-4-21(23(29)26-2)27(15-16-7-8-17(24)14-20(16)25)22(28)6-5-13-31-19-11-9-18(30-3)10-12-19/h7-12,14,21H,4-6,13,15H2,1-3H3,(H,26,29)/t21-/m1/s1. The number of ether oxygens (including phenoxy) is 2. The van der Waals surface area contributed by atoms with E-state index in [9.17, 15) is 9.59 Å². The van der Waals surface area contributed by atoms with E-state index < -0.39 is 6.04 Å². The number of carbonyl (C=O) groups excluding carboxylic acids is 2. The van der Waals surface area contributed by atoms with Crippen molar-refractivity contribution in [1.82, 2.24) is 10.2 Å². The number of amides is 2. The summed E-state index contributed by atoms with van der Waals surface area (Å²) in [5.74, 6) is 1.10. The summed E-state index contributed by atoms with van der Waals surface area (Å²) in [7, 11) is 3.17. The topological polar surface area (TPSA) is 67.9 Å². The largest absolute Gasteiger partial charge is 0.497 e. The Hall–Kier alpha value is -2.44. The third-order valence-electron chi connectivity index (χ3n) is 4.85. The van der Waals surface area contributed by atoms with Crippen molar-refractivity contribution in [2.45, 2.75) is 38.8 Å². The molecule has 2 rings (SSSR count). The zero-order chi connectivity index (χ0) is 22.8. The number of halogens is 2. The minimum atomic E-state index is -0.591. The maximum absolute atomic E-state index is 13.0. The van der Waals surface area contributed by atoms with E-state index in [0.29, 0.717) is 35.2 Å². The molecule has 2 aromatic carbocycles. The molecule has 8 heteroatoms. The molecule has 2 aromatic rings. The lowest BCUT2D eigenvalue weighted by atomic mass is 10.1. The summed E-state index contributed by atoms with van der Waals surface area (Å²) in [6.45, 7) is 2.47. The van der Waals surface area contributed by atoms with Crippen molar-refractivity contribution >= 4 is 35.0 Å². The molecule has 0 spiro atoms. The van der Waals surface area contributed by atoms with Crippen molar-refractivity contribution < 1.29 is 19.1 Å². The van der Waals surface area contributed by atoms with Gasteiger partial charge >= 0.3 is 0 Å². The number of benzene rings is 2. The van der Waals surface area contributed by atoms with Crippen molar-refractivity contribution in [3.8, 4) is 11.5 Å². The minimum absolute atomic E-state index is 0.139. The predicted molar refractivity (Wildman–Crippen MR) is 123 cm³/mol. The Balaban J connectivity index is 2.03. The van der Waals surface area contributed by atoms with Crippen molar-refractivity contribution in [2.24, 2.45) is 0 Å². The Kier molecular flexibility index (Phi) is 9.95. The van der Waals surface area contributed by atoms with Gasteiger partial charge in [0.25, 0.3) is 0 Å². The van der Waals surface area contributed by atoms with Gasteiger partial charge in [0.2, 0.25) is 11.8 Å². The van der Waals surface area contributed by atoms with Gasteiger partial charge in [-0.05, 0) is 54.8 Å².